The smallest absolute Gasteiger partial charge is 0.338 e. The fourth-order valence-electron chi connectivity index (χ4n) is 3.57. The van der Waals surface area contributed by atoms with E-state index in [1.54, 1.807) is 24.3 Å². The number of halogens is 1. The van der Waals surface area contributed by atoms with Gasteiger partial charge in [0.2, 0.25) is 0 Å². The Morgan fingerprint density at radius 1 is 1.16 bits per heavy atom. The summed E-state index contributed by atoms with van der Waals surface area (Å²) in [6, 6.07) is 6.62. The SMILES string of the molecule is CS[C@@H]1O[C@H](CO[Si](C)(C)C(C)(C)C)[C@@H]2OC(C)(C)O[C@@H]2[C@H]1OC(=O)c1ccc(Cl)cc1. The van der Waals surface area contributed by atoms with Gasteiger partial charge in [-0.15, -0.1) is 11.8 Å². The molecule has 0 aromatic heterocycles. The lowest BCUT2D eigenvalue weighted by Gasteiger charge is -2.43. The van der Waals surface area contributed by atoms with E-state index >= 15 is 0 Å². The molecule has 2 fully saturated rings. The lowest BCUT2D eigenvalue weighted by molar-refractivity contribution is -0.168. The van der Waals surface area contributed by atoms with Crippen molar-refractivity contribution >= 4 is 37.6 Å². The molecule has 5 atom stereocenters. The molecule has 1 aromatic rings. The average Bonchev–Trinajstić information content (AvgIpc) is 3.02. The van der Waals surface area contributed by atoms with E-state index in [0.717, 1.165) is 0 Å². The number of carbonyl (C=O) groups is 1. The molecule has 1 aromatic carbocycles. The van der Waals surface area contributed by atoms with Crippen LogP contribution in [0.25, 0.3) is 0 Å². The van der Waals surface area contributed by atoms with Crippen LogP contribution in [0.4, 0.5) is 0 Å². The molecule has 2 heterocycles. The van der Waals surface area contributed by atoms with E-state index in [0.29, 0.717) is 17.2 Å². The summed E-state index contributed by atoms with van der Waals surface area (Å²) in [6.45, 7) is 15.2. The Kier molecular flexibility index (Phi) is 7.77. The van der Waals surface area contributed by atoms with Crippen LogP contribution in [0.2, 0.25) is 23.2 Å². The number of ether oxygens (including phenoxy) is 4. The van der Waals surface area contributed by atoms with Crippen molar-refractivity contribution in [3.63, 3.8) is 0 Å². The van der Waals surface area contributed by atoms with E-state index in [1.165, 1.54) is 11.8 Å². The molecule has 3 rings (SSSR count). The normalized spacial score (nSPS) is 30.1. The van der Waals surface area contributed by atoms with Crippen molar-refractivity contribution in [3.05, 3.63) is 34.9 Å². The Morgan fingerprint density at radius 3 is 2.31 bits per heavy atom. The first-order valence-corrected chi connectivity index (χ1v) is 15.5. The minimum atomic E-state index is -1.97. The highest BCUT2D eigenvalue weighted by Crippen LogP contribution is 2.42. The van der Waals surface area contributed by atoms with Gasteiger partial charge in [-0.25, -0.2) is 4.79 Å². The van der Waals surface area contributed by atoms with Crippen LogP contribution in [0.5, 0.6) is 0 Å². The van der Waals surface area contributed by atoms with Crippen molar-refractivity contribution < 1.29 is 28.2 Å². The predicted molar refractivity (Wildman–Crippen MR) is 130 cm³/mol. The number of rotatable bonds is 6. The Labute approximate surface area is 201 Å². The quantitative estimate of drug-likeness (QED) is 0.376. The van der Waals surface area contributed by atoms with Crippen LogP contribution in [0, 0.1) is 0 Å². The van der Waals surface area contributed by atoms with Gasteiger partial charge in [0.05, 0.1) is 12.2 Å². The minimum absolute atomic E-state index is 0.0862. The fraction of sp³-hybridized carbons (Fsp3) is 0.696. The molecule has 2 saturated heterocycles. The molecule has 0 saturated carbocycles. The first-order valence-electron chi connectivity index (χ1n) is 10.9. The first-order chi connectivity index (χ1) is 14.7. The zero-order chi connectivity index (χ0) is 23.9. The number of fused-ring (bicyclic) bond motifs is 1. The molecule has 0 bridgehead atoms. The molecule has 0 unspecified atom stereocenters. The number of hydrogen-bond donors (Lipinski definition) is 0. The molecule has 0 radical (unpaired) electrons. The molecular formula is C23H35ClO6SSi. The predicted octanol–water partition coefficient (Wildman–Crippen LogP) is 5.50. The van der Waals surface area contributed by atoms with Gasteiger partial charge in [0.1, 0.15) is 23.7 Å². The van der Waals surface area contributed by atoms with Crippen molar-refractivity contribution in [1.82, 2.24) is 0 Å². The number of esters is 1. The van der Waals surface area contributed by atoms with Gasteiger partial charge in [0, 0.05) is 5.02 Å². The Morgan fingerprint density at radius 2 is 1.75 bits per heavy atom. The first kappa shape index (κ1) is 26.0. The summed E-state index contributed by atoms with van der Waals surface area (Å²) in [5.74, 6) is -1.26. The number of thioether (sulfide) groups is 1. The van der Waals surface area contributed by atoms with Gasteiger partial charge in [-0.1, -0.05) is 32.4 Å². The maximum Gasteiger partial charge on any atom is 0.338 e. The highest BCUT2D eigenvalue weighted by atomic mass is 35.5. The molecule has 0 amide bonds. The van der Waals surface area contributed by atoms with Crippen molar-refractivity contribution in [2.75, 3.05) is 12.9 Å². The van der Waals surface area contributed by atoms with E-state index in [9.17, 15) is 4.79 Å². The van der Waals surface area contributed by atoms with Crippen LogP contribution in [0.3, 0.4) is 0 Å². The van der Waals surface area contributed by atoms with Crippen molar-refractivity contribution in [1.29, 1.82) is 0 Å². The second-order valence-corrected chi connectivity index (χ2v) is 16.5. The van der Waals surface area contributed by atoms with Gasteiger partial charge in [0.25, 0.3) is 0 Å². The van der Waals surface area contributed by atoms with Crippen molar-refractivity contribution in [3.8, 4) is 0 Å². The molecule has 6 nitrogen and oxygen atoms in total. The minimum Gasteiger partial charge on any atom is -0.452 e. The highest BCUT2D eigenvalue weighted by molar-refractivity contribution is 7.99. The zero-order valence-electron chi connectivity index (χ0n) is 20.1. The third kappa shape index (κ3) is 5.71. The third-order valence-corrected chi connectivity index (χ3v) is 12.0. The molecule has 180 valence electrons. The van der Waals surface area contributed by atoms with E-state index < -0.39 is 43.8 Å². The third-order valence-electron chi connectivity index (χ3n) is 6.40. The number of benzene rings is 1. The van der Waals surface area contributed by atoms with Crippen LogP contribution in [0.1, 0.15) is 45.0 Å². The lowest BCUT2D eigenvalue weighted by Crippen LogP contribution is -2.58. The fourth-order valence-corrected chi connectivity index (χ4v) is 5.44. The Hall–Kier alpha value is -0.613. The molecule has 0 spiro atoms. The summed E-state index contributed by atoms with van der Waals surface area (Å²) >= 11 is 7.43. The van der Waals surface area contributed by atoms with Gasteiger partial charge < -0.3 is 23.4 Å². The Balaban J connectivity index is 1.79. The van der Waals surface area contributed by atoms with E-state index in [4.69, 9.17) is 35.0 Å². The highest BCUT2D eigenvalue weighted by Gasteiger charge is 2.57. The molecule has 0 aliphatic carbocycles. The maximum absolute atomic E-state index is 12.8. The van der Waals surface area contributed by atoms with Crippen LogP contribution < -0.4 is 0 Å². The van der Waals surface area contributed by atoms with Crippen LogP contribution in [-0.4, -0.2) is 62.8 Å². The maximum atomic E-state index is 12.8. The Bertz CT molecular complexity index is 810. The average molecular weight is 503 g/mol. The number of carbonyl (C=O) groups excluding carboxylic acids is 1. The standard InChI is InChI=1S/C23H35ClO6SSi/c1-22(2,3)32(7,8)26-13-16-17-18(30-23(4,5)29-17)19(21(27-16)31-6)28-20(25)14-9-11-15(24)12-10-14/h9-12,16-19,21H,13H2,1-8H3/t16-,17+,18+,19-,21+/m1/s1. The molecule has 2 aliphatic heterocycles. The molecular weight excluding hydrogens is 468 g/mol. The second kappa shape index (κ2) is 9.56. The molecule has 9 heteroatoms. The van der Waals surface area contributed by atoms with Gasteiger partial charge >= 0.3 is 5.97 Å². The lowest BCUT2D eigenvalue weighted by atomic mass is 10.00. The van der Waals surface area contributed by atoms with E-state index in [2.05, 4.69) is 33.9 Å². The summed E-state index contributed by atoms with van der Waals surface area (Å²) in [7, 11) is -1.97. The summed E-state index contributed by atoms with van der Waals surface area (Å²) in [6.07, 6.45) is 0.130. The topological polar surface area (TPSA) is 63.2 Å². The van der Waals surface area contributed by atoms with Crippen LogP contribution in [-0.2, 0) is 23.4 Å². The second-order valence-electron chi connectivity index (χ2n) is 10.3. The molecule has 2 aliphatic rings. The van der Waals surface area contributed by atoms with Crippen LogP contribution in [0.15, 0.2) is 24.3 Å². The van der Waals surface area contributed by atoms with Gasteiger partial charge in [-0.3, -0.25) is 0 Å². The summed E-state index contributed by atoms with van der Waals surface area (Å²) < 4.78 is 31.2. The van der Waals surface area contributed by atoms with Gasteiger partial charge in [-0.05, 0) is 62.5 Å². The van der Waals surface area contributed by atoms with Crippen molar-refractivity contribution in [2.45, 2.75) is 88.4 Å². The van der Waals surface area contributed by atoms with Crippen molar-refractivity contribution in [2.24, 2.45) is 0 Å². The van der Waals surface area contributed by atoms with Crippen LogP contribution >= 0.6 is 23.4 Å². The summed E-state index contributed by atoms with van der Waals surface area (Å²) in [5, 5.41) is 0.645. The number of hydrogen-bond acceptors (Lipinski definition) is 7. The molecule has 32 heavy (non-hydrogen) atoms. The van der Waals surface area contributed by atoms with Gasteiger partial charge in [0.15, 0.2) is 20.2 Å². The summed E-state index contributed by atoms with van der Waals surface area (Å²) in [4.78, 5) is 12.8. The largest absolute Gasteiger partial charge is 0.452 e. The molecule has 0 N–H and O–H groups in total. The van der Waals surface area contributed by atoms with E-state index in [-0.39, 0.29) is 11.1 Å². The monoisotopic (exact) mass is 502 g/mol. The van der Waals surface area contributed by atoms with E-state index in [1.807, 2.05) is 20.1 Å². The summed E-state index contributed by atoms with van der Waals surface area (Å²) in [5.41, 5.74) is 0.0189. The zero-order valence-corrected chi connectivity index (χ0v) is 22.7. The van der Waals surface area contributed by atoms with Gasteiger partial charge in [-0.2, -0.15) is 0 Å².